The highest BCUT2D eigenvalue weighted by Crippen LogP contribution is 2.16. The molecule has 0 radical (unpaired) electrons. The largest absolute Gasteiger partial charge is 0.337 e. The van der Waals surface area contributed by atoms with Gasteiger partial charge < -0.3 is 4.90 Å². The zero-order chi connectivity index (χ0) is 15.2. The highest BCUT2D eigenvalue weighted by atomic mass is 32.1. The minimum absolute atomic E-state index is 0.431. The molecule has 0 fully saturated rings. The van der Waals surface area contributed by atoms with Gasteiger partial charge in [0.1, 0.15) is 0 Å². The molecule has 2 rings (SSSR count). The van der Waals surface area contributed by atoms with Crippen LogP contribution in [0.2, 0.25) is 0 Å². The molecule has 0 saturated heterocycles. The Kier molecular flexibility index (Phi) is 4.99. The fourth-order valence-electron chi connectivity index (χ4n) is 1.67. The Balaban J connectivity index is 1.85. The zero-order valence-electron chi connectivity index (χ0n) is 11.9. The van der Waals surface area contributed by atoms with Crippen molar-refractivity contribution >= 4 is 28.3 Å². The lowest BCUT2D eigenvalue weighted by Gasteiger charge is -2.15. The molecule has 2 aromatic rings. The molecular formula is C14H16N4O2S. The quantitative estimate of drug-likeness (QED) is 0.868. The first-order valence-corrected chi connectivity index (χ1v) is 7.26. The molecule has 0 aliphatic rings. The van der Waals surface area contributed by atoms with Crippen molar-refractivity contribution in [3.05, 3.63) is 41.2 Å². The molecular weight excluding hydrogens is 288 g/mol. The van der Waals surface area contributed by atoms with Gasteiger partial charge in [-0.25, -0.2) is 4.98 Å². The van der Waals surface area contributed by atoms with Crippen molar-refractivity contribution in [3.8, 4) is 0 Å². The van der Waals surface area contributed by atoms with Crippen molar-refractivity contribution in [3.63, 3.8) is 0 Å². The first kappa shape index (κ1) is 15.1. The second kappa shape index (κ2) is 6.94. The lowest BCUT2D eigenvalue weighted by Crippen LogP contribution is -2.38. The Morgan fingerprint density at radius 1 is 1.33 bits per heavy atom. The van der Waals surface area contributed by atoms with Crippen LogP contribution in [0.3, 0.4) is 0 Å². The van der Waals surface area contributed by atoms with E-state index in [0.717, 1.165) is 10.6 Å². The van der Waals surface area contributed by atoms with Crippen molar-refractivity contribution in [2.45, 2.75) is 13.3 Å². The summed E-state index contributed by atoms with van der Waals surface area (Å²) in [5.41, 5.74) is 0.883. The molecule has 2 heterocycles. The highest BCUT2D eigenvalue weighted by Gasteiger charge is 2.19. The van der Waals surface area contributed by atoms with E-state index >= 15 is 0 Å². The number of likely N-dealkylation sites (N-methyl/N-ethyl adjacent to an activating group) is 1. The number of aryl methyl sites for hydroxylation is 1. The lowest BCUT2D eigenvalue weighted by molar-refractivity contribution is -0.142. The third kappa shape index (κ3) is 4.35. The number of nitrogens with one attached hydrogen (secondary N) is 1. The molecule has 0 atom stereocenters. The van der Waals surface area contributed by atoms with Crippen molar-refractivity contribution in [1.29, 1.82) is 0 Å². The van der Waals surface area contributed by atoms with E-state index in [1.807, 2.05) is 25.1 Å². The molecule has 2 amide bonds. The predicted molar refractivity (Wildman–Crippen MR) is 81.1 cm³/mol. The van der Waals surface area contributed by atoms with Gasteiger partial charge in [-0.1, -0.05) is 6.07 Å². The molecule has 0 aromatic carbocycles. The number of carbonyl (C=O) groups is 2. The third-order valence-electron chi connectivity index (χ3n) is 2.81. The molecule has 0 bridgehead atoms. The molecule has 0 aliphatic heterocycles. The number of hydrogen-bond acceptors (Lipinski definition) is 5. The van der Waals surface area contributed by atoms with Crippen LogP contribution in [0.15, 0.2) is 30.6 Å². The van der Waals surface area contributed by atoms with Crippen LogP contribution >= 0.6 is 11.3 Å². The van der Waals surface area contributed by atoms with E-state index in [4.69, 9.17) is 0 Å². The molecule has 0 saturated carbocycles. The Morgan fingerprint density at radius 2 is 2.14 bits per heavy atom. The van der Waals surface area contributed by atoms with E-state index < -0.39 is 11.8 Å². The van der Waals surface area contributed by atoms with Crippen LogP contribution in [0.1, 0.15) is 10.6 Å². The summed E-state index contributed by atoms with van der Waals surface area (Å²) in [4.78, 5) is 34.3. The SMILES string of the molecule is Cc1cnc(NC(=O)C(=O)N(C)CCc2ccccn2)s1. The number of amides is 2. The maximum Gasteiger partial charge on any atom is 0.315 e. The summed E-state index contributed by atoms with van der Waals surface area (Å²) in [5.74, 6) is -1.26. The smallest absolute Gasteiger partial charge is 0.315 e. The average molecular weight is 304 g/mol. The molecule has 1 N–H and O–H groups in total. The van der Waals surface area contributed by atoms with E-state index in [1.54, 1.807) is 19.4 Å². The van der Waals surface area contributed by atoms with Gasteiger partial charge in [-0.2, -0.15) is 0 Å². The summed E-state index contributed by atoms with van der Waals surface area (Å²) in [6, 6.07) is 5.61. The molecule has 6 nitrogen and oxygen atoms in total. The van der Waals surface area contributed by atoms with Gasteiger partial charge in [0.15, 0.2) is 5.13 Å². The van der Waals surface area contributed by atoms with Gasteiger partial charge >= 0.3 is 11.8 Å². The molecule has 110 valence electrons. The normalized spacial score (nSPS) is 10.2. The van der Waals surface area contributed by atoms with E-state index in [0.29, 0.717) is 18.1 Å². The van der Waals surface area contributed by atoms with Crippen LogP contribution in [-0.4, -0.2) is 40.3 Å². The van der Waals surface area contributed by atoms with Gasteiger partial charge in [-0.3, -0.25) is 19.9 Å². The number of nitrogens with zero attached hydrogens (tertiary/aromatic N) is 3. The molecule has 21 heavy (non-hydrogen) atoms. The predicted octanol–water partition coefficient (Wildman–Crippen LogP) is 1.49. The van der Waals surface area contributed by atoms with Gasteiger partial charge in [-0.15, -0.1) is 11.3 Å². The molecule has 0 spiro atoms. The van der Waals surface area contributed by atoms with Crippen molar-refractivity contribution in [2.24, 2.45) is 0 Å². The van der Waals surface area contributed by atoms with Crippen LogP contribution in [-0.2, 0) is 16.0 Å². The first-order chi connectivity index (χ1) is 10.1. The van der Waals surface area contributed by atoms with E-state index in [1.165, 1.54) is 16.2 Å². The number of thiazole rings is 1. The summed E-state index contributed by atoms with van der Waals surface area (Å²) < 4.78 is 0. The van der Waals surface area contributed by atoms with Gasteiger partial charge in [-0.05, 0) is 19.1 Å². The van der Waals surface area contributed by atoms with Gasteiger partial charge in [0.25, 0.3) is 0 Å². The molecule has 7 heteroatoms. The Morgan fingerprint density at radius 3 is 2.76 bits per heavy atom. The van der Waals surface area contributed by atoms with Gasteiger partial charge in [0.05, 0.1) is 0 Å². The van der Waals surface area contributed by atoms with Crippen molar-refractivity contribution in [1.82, 2.24) is 14.9 Å². The fraction of sp³-hybridized carbons (Fsp3) is 0.286. The highest BCUT2D eigenvalue weighted by molar-refractivity contribution is 7.15. The second-order valence-corrected chi connectivity index (χ2v) is 5.76. The van der Waals surface area contributed by atoms with Crippen LogP contribution in [0.5, 0.6) is 0 Å². The maximum atomic E-state index is 11.9. The van der Waals surface area contributed by atoms with Crippen LogP contribution in [0.4, 0.5) is 5.13 Å². The Labute approximate surface area is 126 Å². The summed E-state index contributed by atoms with van der Waals surface area (Å²) in [7, 11) is 1.60. The topological polar surface area (TPSA) is 75.2 Å². The van der Waals surface area contributed by atoms with E-state index in [-0.39, 0.29) is 0 Å². The number of aromatic nitrogens is 2. The number of rotatable bonds is 4. The number of hydrogen-bond donors (Lipinski definition) is 1. The number of anilines is 1. The summed E-state index contributed by atoms with van der Waals surface area (Å²) >= 11 is 1.33. The maximum absolute atomic E-state index is 11.9. The summed E-state index contributed by atoms with van der Waals surface area (Å²) in [6.45, 7) is 2.31. The van der Waals surface area contributed by atoms with E-state index in [9.17, 15) is 9.59 Å². The first-order valence-electron chi connectivity index (χ1n) is 6.45. The van der Waals surface area contributed by atoms with Gasteiger partial charge in [0, 0.05) is 43.0 Å². The van der Waals surface area contributed by atoms with Crippen LogP contribution in [0.25, 0.3) is 0 Å². The summed E-state index contributed by atoms with van der Waals surface area (Å²) in [5, 5.41) is 2.94. The zero-order valence-corrected chi connectivity index (χ0v) is 12.7. The number of pyridine rings is 1. The lowest BCUT2D eigenvalue weighted by atomic mass is 10.2. The standard InChI is InChI=1S/C14H16N4O2S/c1-10-9-16-14(21-10)17-12(19)13(20)18(2)8-6-11-5-3-4-7-15-11/h3-5,7,9H,6,8H2,1-2H3,(H,16,17,19). The monoisotopic (exact) mass is 304 g/mol. The van der Waals surface area contributed by atoms with Crippen LogP contribution < -0.4 is 5.32 Å². The molecule has 2 aromatic heterocycles. The third-order valence-corrected chi connectivity index (χ3v) is 3.64. The van der Waals surface area contributed by atoms with E-state index in [2.05, 4.69) is 15.3 Å². The van der Waals surface area contributed by atoms with Crippen LogP contribution in [0, 0.1) is 6.92 Å². The average Bonchev–Trinajstić information content (AvgIpc) is 2.90. The minimum Gasteiger partial charge on any atom is -0.337 e. The van der Waals surface area contributed by atoms with Gasteiger partial charge in [0.2, 0.25) is 0 Å². The summed E-state index contributed by atoms with van der Waals surface area (Å²) in [6.07, 6.45) is 3.96. The molecule has 0 aliphatic carbocycles. The Bertz CT molecular complexity index is 627. The fourth-order valence-corrected chi connectivity index (χ4v) is 2.33. The number of carbonyl (C=O) groups excluding carboxylic acids is 2. The molecule has 0 unspecified atom stereocenters. The van der Waals surface area contributed by atoms with Crippen molar-refractivity contribution in [2.75, 3.05) is 18.9 Å². The van der Waals surface area contributed by atoms with Crippen molar-refractivity contribution < 1.29 is 9.59 Å². The second-order valence-electron chi connectivity index (χ2n) is 4.53. The minimum atomic E-state index is -0.673. The Hall–Kier alpha value is -2.28.